The van der Waals surface area contributed by atoms with Gasteiger partial charge >= 0.3 is 0 Å². The average molecular weight is 363 g/mol. The first-order chi connectivity index (χ1) is 6.93. The van der Waals surface area contributed by atoms with Gasteiger partial charge in [-0.2, -0.15) is 4.52 Å². The minimum Gasteiger partial charge on any atom is -0.213 e. The highest BCUT2D eigenvalue weighted by atomic mass is 35.9. The summed E-state index contributed by atoms with van der Waals surface area (Å²) in [6.45, 7) is 8.19. The molecule has 0 aliphatic carbocycles. The summed E-state index contributed by atoms with van der Waals surface area (Å²) in [6, 6.07) is 0. The van der Waals surface area contributed by atoms with Crippen molar-refractivity contribution in [2.45, 2.75) is 32.9 Å². The first-order valence-electron chi connectivity index (χ1n) is 4.62. The molecule has 1 aliphatic rings. The van der Waals surface area contributed by atoms with Gasteiger partial charge in [-0.1, -0.05) is 27.7 Å². The minimum atomic E-state index is -2.76. The van der Waals surface area contributed by atoms with Crippen LogP contribution >= 0.6 is 64.0 Å². The number of rotatable bonds is 1. The van der Waals surface area contributed by atoms with E-state index in [1.54, 1.807) is 0 Å². The van der Waals surface area contributed by atoms with Crippen LogP contribution in [-0.4, -0.2) is 11.3 Å². The molecule has 1 unspecified atom stereocenters. The van der Waals surface area contributed by atoms with Crippen molar-refractivity contribution >= 4 is 64.0 Å². The fourth-order valence-electron chi connectivity index (χ4n) is 1.41. The first kappa shape index (κ1) is 15.9. The SMILES string of the molecule is CCP1(C(C)(C)C)=NP(Cl)(Cl)=NP(Cl)(Cl)=N1. The van der Waals surface area contributed by atoms with E-state index in [9.17, 15) is 0 Å². The van der Waals surface area contributed by atoms with E-state index in [0.717, 1.165) is 6.16 Å². The Bertz CT molecular complexity index is 445. The quantitative estimate of drug-likeness (QED) is 0.427. The van der Waals surface area contributed by atoms with Gasteiger partial charge in [-0.05, 0) is 51.1 Å². The molecule has 0 saturated carbocycles. The van der Waals surface area contributed by atoms with Crippen LogP contribution in [0.5, 0.6) is 0 Å². The summed E-state index contributed by atoms with van der Waals surface area (Å²) in [5.41, 5.74) is 0. The summed E-state index contributed by atoms with van der Waals surface area (Å²) < 4.78 is 13.0. The van der Waals surface area contributed by atoms with Crippen LogP contribution in [0.1, 0.15) is 27.7 Å². The third-order valence-corrected chi connectivity index (χ3v) is 16.0. The van der Waals surface area contributed by atoms with Crippen LogP contribution in [0.15, 0.2) is 13.5 Å². The highest BCUT2D eigenvalue weighted by Gasteiger charge is 2.39. The van der Waals surface area contributed by atoms with Crippen molar-refractivity contribution in [1.29, 1.82) is 0 Å². The van der Waals surface area contributed by atoms with Crippen LogP contribution in [0.2, 0.25) is 0 Å². The van der Waals surface area contributed by atoms with Gasteiger partial charge in [0.25, 0.3) is 11.8 Å². The molecule has 3 nitrogen and oxygen atoms in total. The zero-order valence-electron chi connectivity index (χ0n) is 9.40. The molecule has 96 valence electrons. The maximum Gasteiger partial charge on any atom is 0.255 e. The monoisotopic (exact) mass is 361 g/mol. The molecule has 0 spiro atoms. The van der Waals surface area contributed by atoms with Crippen molar-refractivity contribution < 1.29 is 0 Å². The Morgan fingerprint density at radius 3 is 1.62 bits per heavy atom. The molecule has 10 heteroatoms. The first-order valence-corrected chi connectivity index (χ1v) is 13.5. The molecule has 0 radical (unpaired) electrons. The molecule has 0 saturated heterocycles. The normalized spacial score (nSPS) is 32.2. The lowest BCUT2D eigenvalue weighted by molar-refractivity contribution is 0.774. The number of hydrogen-bond acceptors (Lipinski definition) is 3. The van der Waals surface area contributed by atoms with Crippen LogP contribution < -0.4 is 0 Å². The Morgan fingerprint density at radius 2 is 1.31 bits per heavy atom. The molecule has 0 aromatic carbocycles. The van der Waals surface area contributed by atoms with Crippen molar-refractivity contribution in [2.75, 3.05) is 6.16 Å². The Labute approximate surface area is 116 Å². The molecule has 1 rings (SSSR count). The van der Waals surface area contributed by atoms with E-state index in [0.29, 0.717) is 0 Å². The summed E-state index contributed by atoms with van der Waals surface area (Å²) in [6.07, 6.45) is 0.758. The standard InChI is InChI=1S/C6H14Cl4N3P3/c1-5-14(6(2,3)4)11-15(7,8)13-16(9,10)12-14/h5H2,1-4H3. The van der Waals surface area contributed by atoms with Gasteiger partial charge in [0.05, 0.1) is 7.21 Å². The Balaban J connectivity index is 3.65. The third kappa shape index (κ3) is 3.45. The molecule has 0 N–H and O–H groups in total. The van der Waals surface area contributed by atoms with Gasteiger partial charge in [0, 0.05) is 5.16 Å². The van der Waals surface area contributed by atoms with Crippen LogP contribution in [0.3, 0.4) is 0 Å². The molecule has 0 aromatic rings. The second kappa shape index (κ2) is 4.75. The van der Waals surface area contributed by atoms with E-state index in [-0.39, 0.29) is 5.16 Å². The van der Waals surface area contributed by atoms with Gasteiger partial charge in [-0.3, -0.25) is 0 Å². The third-order valence-electron chi connectivity index (χ3n) is 2.24. The predicted octanol–water partition coefficient (Wildman–Crippen LogP) is 7.78. The fraction of sp³-hybridized carbons (Fsp3) is 1.00. The Hall–Kier alpha value is 1.85. The second-order valence-corrected chi connectivity index (χ2v) is 18.5. The lowest BCUT2D eigenvalue weighted by atomic mass is 10.3. The van der Waals surface area contributed by atoms with Crippen molar-refractivity contribution in [3.8, 4) is 0 Å². The van der Waals surface area contributed by atoms with Gasteiger partial charge < -0.3 is 0 Å². The van der Waals surface area contributed by atoms with Crippen LogP contribution in [0.25, 0.3) is 0 Å². The van der Waals surface area contributed by atoms with Gasteiger partial charge in [0.15, 0.2) is 0 Å². The molecule has 0 aromatic heterocycles. The number of hydrogen-bond donors (Lipinski definition) is 0. The molecule has 0 amide bonds. The molecule has 1 heterocycles. The van der Waals surface area contributed by atoms with Crippen LogP contribution in [0, 0.1) is 0 Å². The lowest BCUT2D eigenvalue weighted by Crippen LogP contribution is -2.15. The largest absolute Gasteiger partial charge is 0.255 e. The Kier molecular flexibility index (Phi) is 4.72. The van der Waals surface area contributed by atoms with Gasteiger partial charge in [-0.25, -0.2) is 9.03 Å². The van der Waals surface area contributed by atoms with E-state index in [1.165, 1.54) is 0 Å². The van der Waals surface area contributed by atoms with Crippen LogP contribution in [-0.2, 0) is 0 Å². The van der Waals surface area contributed by atoms with E-state index >= 15 is 0 Å². The molecule has 1 aliphatic heterocycles. The predicted molar refractivity (Wildman–Crippen MR) is 81.8 cm³/mol. The maximum absolute atomic E-state index is 6.10. The molecule has 0 fully saturated rings. The summed E-state index contributed by atoms with van der Waals surface area (Å²) in [5.74, 6) is -5.51. The smallest absolute Gasteiger partial charge is 0.213 e. The molecule has 1 atom stereocenters. The van der Waals surface area contributed by atoms with E-state index in [1.807, 2.05) is 6.92 Å². The highest BCUT2D eigenvalue weighted by Crippen LogP contribution is 2.87. The molecule has 0 bridgehead atoms. The minimum absolute atomic E-state index is 0.137. The van der Waals surface area contributed by atoms with E-state index in [4.69, 9.17) is 45.0 Å². The van der Waals surface area contributed by atoms with Crippen molar-refractivity contribution in [3.63, 3.8) is 0 Å². The second-order valence-electron chi connectivity index (χ2n) is 4.40. The topological polar surface area (TPSA) is 37.1 Å². The molecular weight excluding hydrogens is 349 g/mol. The maximum atomic E-state index is 6.10. The van der Waals surface area contributed by atoms with E-state index in [2.05, 4.69) is 34.3 Å². The average Bonchev–Trinajstić information content (AvgIpc) is 1.95. The summed E-state index contributed by atoms with van der Waals surface area (Å²) >= 11 is 24.4. The fourth-order valence-corrected chi connectivity index (χ4v) is 19.6. The van der Waals surface area contributed by atoms with Crippen molar-refractivity contribution in [2.24, 2.45) is 13.5 Å². The van der Waals surface area contributed by atoms with Crippen molar-refractivity contribution in [1.82, 2.24) is 0 Å². The highest BCUT2D eigenvalue weighted by molar-refractivity contribution is 8.21. The zero-order valence-corrected chi connectivity index (χ0v) is 15.1. The van der Waals surface area contributed by atoms with E-state index < -0.39 is 19.0 Å². The van der Waals surface area contributed by atoms with Gasteiger partial charge in [-0.15, -0.1) is 0 Å². The zero-order chi connectivity index (χ0) is 12.8. The number of nitrogens with zero attached hydrogens (tertiary/aromatic N) is 3. The summed E-state index contributed by atoms with van der Waals surface area (Å²) in [7, 11) is -2.07. The summed E-state index contributed by atoms with van der Waals surface area (Å²) in [4.78, 5) is 0. The summed E-state index contributed by atoms with van der Waals surface area (Å²) in [5, 5.41) is -0.137. The van der Waals surface area contributed by atoms with Gasteiger partial charge in [0.2, 0.25) is 0 Å². The lowest BCUT2D eigenvalue weighted by Gasteiger charge is -2.36. The molecule has 16 heavy (non-hydrogen) atoms. The molecular formula is C6H14Cl4N3P3. The number of halogens is 4. The Morgan fingerprint density at radius 1 is 0.875 bits per heavy atom. The van der Waals surface area contributed by atoms with Crippen molar-refractivity contribution in [3.05, 3.63) is 0 Å². The van der Waals surface area contributed by atoms with Crippen LogP contribution in [0.4, 0.5) is 0 Å². The van der Waals surface area contributed by atoms with Gasteiger partial charge in [0.1, 0.15) is 0 Å².